The average Bonchev–Trinajstić information content (AvgIpc) is 2.90. The molecule has 1 aromatic carbocycles. The fourth-order valence-corrected chi connectivity index (χ4v) is 2.80. The van der Waals surface area contributed by atoms with E-state index in [4.69, 9.17) is 0 Å². The second-order valence-electron chi connectivity index (χ2n) is 4.50. The van der Waals surface area contributed by atoms with Gasteiger partial charge in [-0.3, -0.25) is 14.3 Å². The zero-order chi connectivity index (χ0) is 14.8. The molecule has 21 heavy (non-hydrogen) atoms. The maximum absolute atomic E-state index is 12.1. The molecule has 0 aliphatic rings. The van der Waals surface area contributed by atoms with Crippen LogP contribution in [0.5, 0.6) is 0 Å². The van der Waals surface area contributed by atoms with E-state index in [-0.39, 0.29) is 17.2 Å². The second kappa shape index (κ2) is 5.45. The van der Waals surface area contributed by atoms with Gasteiger partial charge in [0.25, 0.3) is 5.91 Å². The van der Waals surface area contributed by atoms with E-state index < -0.39 is 0 Å². The highest BCUT2D eigenvalue weighted by Crippen LogP contribution is 2.14. The first-order valence-electron chi connectivity index (χ1n) is 6.29. The number of rotatable bonds is 3. The Labute approximate surface area is 124 Å². The predicted molar refractivity (Wildman–Crippen MR) is 80.3 cm³/mol. The van der Waals surface area contributed by atoms with Crippen molar-refractivity contribution in [2.75, 3.05) is 0 Å². The molecule has 0 radical (unpaired) electrons. The third-order valence-corrected chi connectivity index (χ3v) is 3.88. The fourth-order valence-electron chi connectivity index (χ4n) is 1.96. The Kier molecular flexibility index (Phi) is 3.49. The molecule has 3 aromatic rings. The van der Waals surface area contributed by atoms with Crippen LogP contribution in [0.4, 0.5) is 0 Å². The number of fused-ring (bicyclic) bond motifs is 1. The summed E-state index contributed by atoms with van der Waals surface area (Å²) in [5.74, 6) is 0.231. The number of benzene rings is 1. The molecule has 0 atom stereocenters. The summed E-state index contributed by atoms with van der Waals surface area (Å²) in [7, 11) is 1.76. The van der Waals surface area contributed by atoms with E-state index in [1.54, 1.807) is 30.2 Å². The van der Waals surface area contributed by atoms with Gasteiger partial charge in [-0.2, -0.15) is 5.10 Å². The van der Waals surface area contributed by atoms with Crippen LogP contribution in [-0.4, -0.2) is 20.7 Å². The molecular weight excluding hydrogens is 288 g/mol. The minimum Gasteiger partial charge on any atom is -0.344 e. The molecular formula is C14H12N4O2S. The van der Waals surface area contributed by atoms with Gasteiger partial charge in [0.15, 0.2) is 5.82 Å². The lowest BCUT2D eigenvalue weighted by Gasteiger charge is -2.03. The minimum absolute atomic E-state index is 0.116. The van der Waals surface area contributed by atoms with Gasteiger partial charge in [-0.25, -0.2) is 4.98 Å². The van der Waals surface area contributed by atoms with E-state index in [2.05, 4.69) is 15.4 Å². The van der Waals surface area contributed by atoms with Crippen LogP contribution in [0.2, 0.25) is 0 Å². The van der Waals surface area contributed by atoms with Crippen molar-refractivity contribution in [3.05, 3.63) is 56.9 Å². The third-order valence-electron chi connectivity index (χ3n) is 2.95. The van der Waals surface area contributed by atoms with Crippen molar-refractivity contribution in [2.24, 2.45) is 7.05 Å². The first-order chi connectivity index (χ1) is 10.1. The van der Waals surface area contributed by atoms with Crippen LogP contribution in [0.25, 0.3) is 10.8 Å². The lowest BCUT2D eigenvalue weighted by molar-refractivity contribution is 0.0954. The molecule has 0 saturated heterocycles. The fraction of sp³-hybridized carbons (Fsp3) is 0.143. The van der Waals surface area contributed by atoms with Crippen LogP contribution < -0.4 is 10.1 Å². The number of nitrogens with zero attached hydrogens (tertiary/aromatic N) is 3. The molecule has 0 unspecified atom stereocenters. The molecule has 0 aliphatic carbocycles. The molecule has 0 fully saturated rings. The third kappa shape index (κ3) is 2.82. The second-order valence-corrected chi connectivity index (χ2v) is 5.52. The zero-order valence-corrected chi connectivity index (χ0v) is 12.1. The first-order valence-corrected chi connectivity index (χ1v) is 7.11. The Morgan fingerprint density at radius 3 is 2.95 bits per heavy atom. The SMILES string of the molecule is Cn1cnc(CNC(=O)c2cc3ccccc3c(=O)s2)n1. The number of carbonyl (C=O) groups is 1. The van der Waals surface area contributed by atoms with Gasteiger partial charge in [-0.1, -0.05) is 29.5 Å². The van der Waals surface area contributed by atoms with Gasteiger partial charge in [-0.05, 0) is 17.5 Å². The highest BCUT2D eigenvalue weighted by Gasteiger charge is 2.10. The number of aromatic nitrogens is 3. The number of carbonyl (C=O) groups excluding carboxylic acids is 1. The lowest BCUT2D eigenvalue weighted by Crippen LogP contribution is -2.23. The smallest absolute Gasteiger partial charge is 0.261 e. The van der Waals surface area contributed by atoms with E-state index in [1.165, 1.54) is 0 Å². The Morgan fingerprint density at radius 1 is 1.38 bits per heavy atom. The number of hydrogen-bond acceptors (Lipinski definition) is 5. The molecule has 2 aromatic heterocycles. The summed E-state index contributed by atoms with van der Waals surface area (Å²) in [4.78, 5) is 28.5. The molecule has 106 valence electrons. The maximum Gasteiger partial charge on any atom is 0.261 e. The molecule has 1 N–H and O–H groups in total. The molecule has 1 amide bonds. The van der Waals surface area contributed by atoms with Gasteiger partial charge < -0.3 is 5.32 Å². The van der Waals surface area contributed by atoms with E-state index in [9.17, 15) is 9.59 Å². The summed E-state index contributed by atoms with van der Waals surface area (Å²) in [6.07, 6.45) is 1.57. The largest absolute Gasteiger partial charge is 0.344 e. The number of aryl methyl sites for hydroxylation is 1. The van der Waals surface area contributed by atoms with Crippen LogP contribution in [0, 0.1) is 0 Å². The van der Waals surface area contributed by atoms with E-state index in [0.29, 0.717) is 16.1 Å². The summed E-state index contributed by atoms with van der Waals surface area (Å²) in [5.41, 5.74) is 0. The van der Waals surface area contributed by atoms with Crippen molar-refractivity contribution >= 4 is 28.0 Å². The average molecular weight is 300 g/mol. The van der Waals surface area contributed by atoms with Crippen molar-refractivity contribution in [3.8, 4) is 0 Å². The van der Waals surface area contributed by atoms with Gasteiger partial charge >= 0.3 is 0 Å². The molecule has 6 nitrogen and oxygen atoms in total. The molecule has 0 bridgehead atoms. The van der Waals surface area contributed by atoms with Crippen LogP contribution in [0.3, 0.4) is 0 Å². The quantitative estimate of drug-likeness (QED) is 0.791. The van der Waals surface area contributed by atoms with Gasteiger partial charge in [0, 0.05) is 12.4 Å². The summed E-state index contributed by atoms with van der Waals surface area (Å²) in [5, 5.41) is 8.19. The lowest BCUT2D eigenvalue weighted by atomic mass is 10.2. The highest BCUT2D eigenvalue weighted by atomic mass is 32.1. The van der Waals surface area contributed by atoms with Gasteiger partial charge in [0.1, 0.15) is 6.33 Å². The maximum atomic E-state index is 12.1. The summed E-state index contributed by atoms with van der Waals surface area (Å²) in [6, 6.07) is 8.95. The van der Waals surface area contributed by atoms with Crippen LogP contribution in [-0.2, 0) is 13.6 Å². The van der Waals surface area contributed by atoms with Crippen LogP contribution in [0.15, 0.2) is 41.5 Å². The molecule has 3 rings (SSSR count). The molecule has 0 spiro atoms. The van der Waals surface area contributed by atoms with Crippen LogP contribution in [0.1, 0.15) is 15.5 Å². The normalized spacial score (nSPS) is 10.7. The number of nitrogens with one attached hydrogen (secondary N) is 1. The summed E-state index contributed by atoms with van der Waals surface area (Å²) >= 11 is 0.942. The van der Waals surface area contributed by atoms with E-state index in [1.807, 2.05) is 18.2 Å². The van der Waals surface area contributed by atoms with Crippen molar-refractivity contribution in [3.63, 3.8) is 0 Å². The van der Waals surface area contributed by atoms with Crippen LogP contribution >= 0.6 is 11.3 Å². The topological polar surface area (TPSA) is 76.9 Å². The van der Waals surface area contributed by atoms with Gasteiger partial charge in [0.2, 0.25) is 4.74 Å². The number of hydrogen-bond donors (Lipinski definition) is 1. The summed E-state index contributed by atoms with van der Waals surface area (Å²) < 4.78 is 1.45. The Balaban J connectivity index is 1.83. The molecule has 7 heteroatoms. The molecule has 2 heterocycles. The highest BCUT2D eigenvalue weighted by molar-refractivity contribution is 7.12. The van der Waals surface area contributed by atoms with Crippen molar-refractivity contribution in [2.45, 2.75) is 6.54 Å². The van der Waals surface area contributed by atoms with E-state index >= 15 is 0 Å². The number of amides is 1. The predicted octanol–water partition coefficient (Wildman–Crippen LogP) is 1.32. The minimum atomic E-state index is -0.296. The monoisotopic (exact) mass is 300 g/mol. The summed E-state index contributed by atoms with van der Waals surface area (Å²) in [6.45, 7) is 0.230. The Bertz CT molecular complexity index is 869. The first kappa shape index (κ1) is 13.4. The Hall–Kier alpha value is -2.54. The Morgan fingerprint density at radius 2 is 2.19 bits per heavy atom. The van der Waals surface area contributed by atoms with Crippen molar-refractivity contribution in [1.29, 1.82) is 0 Å². The molecule has 0 saturated carbocycles. The molecule has 0 aliphatic heterocycles. The van der Waals surface area contributed by atoms with E-state index in [0.717, 1.165) is 16.7 Å². The van der Waals surface area contributed by atoms with Gasteiger partial charge in [-0.15, -0.1) is 0 Å². The standard InChI is InChI=1S/C14H12N4O2S/c1-18-8-16-12(17-18)7-15-13(19)11-6-9-4-2-3-5-10(9)14(20)21-11/h2-6,8H,7H2,1H3,(H,15,19). The zero-order valence-electron chi connectivity index (χ0n) is 11.2. The van der Waals surface area contributed by atoms with Crippen molar-refractivity contribution in [1.82, 2.24) is 20.1 Å². The van der Waals surface area contributed by atoms with Gasteiger partial charge in [0.05, 0.1) is 11.4 Å². The van der Waals surface area contributed by atoms with Crippen molar-refractivity contribution < 1.29 is 4.79 Å².